The van der Waals surface area contributed by atoms with Crippen LogP contribution in [0.2, 0.25) is 0 Å². The van der Waals surface area contributed by atoms with Gasteiger partial charge in [-0.15, -0.1) is 0 Å². The second-order valence-corrected chi connectivity index (χ2v) is 3.94. The molecule has 1 aromatic heterocycles. The Balaban J connectivity index is 2.62. The molecule has 0 saturated carbocycles. The quantitative estimate of drug-likeness (QED) is 0.687. The third kappa shape index (κ3) is 1.44. The first kappa shape index (κ1) is 8.62. The molecule has 70 valence electrons. The predicted molar refractivity (Wildman–Crippen MR) is 48.2 cm³/mol. The fraction of sp³-hybridized carbons (Fsp3) is 0.500. The summed E-state index contributed by atoms with van der Waals surface area (Å²) in [5.74, 6) is 0.778. The fourth-order valence-corrected chi connectivity index (χ4v) is 1.87. The van der Waals surface area contributed by atoms with E-state index in [1.165, 1.54) is 11.8 Å². The molecule has 1 aromatic rings. The molecule has 0 atom stereocenters. The van der Waals surface area contributed by atoms with Crippen LogP contribution in [-0.2, 0) is 0 Å². The summed E-state index contributed by atoms with van der Waals surface area (Å²) in [6.07, 6.45) is 0. The van der Waals surface area contributed by atoms with E-state index in [1.54, 1.807) is 0 Å². The van der Waals surface area contributed by atoms with Gasteiger partial charge in [-0.1, -0.05) is 13.8 Å². The Labute approximate surface area is 79.3 Å². The van der Waals surface area contributed by atoms with Gasteiger partial charge in [-0.2, -0.15) is 4.98 Å². The van der Waals surface area contributed by atoms with Crippen molar-refractivity contribution in [1.29, 1.82) is 0 Å². The number of hydrogen-bond acceptors (Lipinski definition) is 5. The highest BCUT2D eigenvalue weighted by Crippen LogP contribution is 2.39. The first-order valence-corrected chi connectivity index (χ1v) is 4.97. The van der Waals surface area contributed by atoms with Crippen LogP contribution in [0.4, 0.5) is 0 Å². The number of ether oxygens (including phenoxy) is 1. The number of thioether (sulfide) groups is 1. The summed E-state index contributed by atoms with van der Waals surface area (Å²) in [6, 6.07) is 0. The lowest BCUT2D eigenvalue weighted by atomic mass is 10.1. The van der Waals surface area contributed by atoms with Crippen LogP contribution in [0.15, 0.2) is 14.3 Å². The van der Waals surface area contributed by atoms with Crippen LogP contribution >= 0.6 is 11.8 Å². The molecule has 1 aliphatic rings. The minimum atomic E-state index is -0.541. The molecule has 5 heteroatoms. The van der Waals surface area contributed by atoms with Gasteiger partial charge < -0.3 is 9.15 Å². The summed E-state index contributed by atoms with van der Waals surface area (Å²) >= 11 is 1.38. The standard InChI is InChI=1S/C8H9NO3S/c1-4(2)5-6-7(13-3-11-6)12-8(10)9-5/h4H,3H2,1-2H3. The Morgan fingerprint density at radius 3 is 3.00 bits per heavy atom. The van der Waals surface area contributed by atoms with E-state index in [9.17, 15) is 4.79 Å². The zero-order valence-electron chi connectivity index (χ0n) is 7.36. The molecule has 0 spiro atoms. The average molecular weight is 199 g/mol. The molecule has 0 aromatic carbocycles. The molecule has 2 rings (SSSR count). The van der Waals surface area contributed by atoms with E-state index in [-0.39, 0.29) is 5.92 Å². The van der Waals surface area contributed by atoms with Crippen molar-refractivity contribution in [3.63, 3.8) is 0 Å². The molecule has 0 unspecified atom stereocenters. The van der Waals surface area contributed by atoms with Crippen LogP contribution in [0.5, 0.6) is 5.75 Å². The molecule has 0 N–H and O–H groups in total. The van der Waals surface area contributed by atoms with Crippen molar-refractivity contribution in [3.8, 4) is 5.75 Å². The summed E-state index contributed by atoms with van der Waals surface area (Å²) in [6.45, 7) is 3.93. The normalized spacial score (nSPS) is 14.4. The minimum Gasteiger partial charge on any atom is -0.476 e. The van der Waals surface area contributed by atoms with Crippen LogP contribution < -0.4 is 10.5 Å². The summed E-state index contributed by atoms with van der Waals surface area (Å²) in [4.78, 5) is 14.8. The minimum absolute atomic E-state index is 0.177. The second kappa shape index (κ2) is 3.06. The van der Waals surface area contributed by atoms with Gasteiger partial charge in [0.05, 0.1) is 5.69 Å². The van der Waals surface area contributed by atoms with E-state index >= 15 is 0 Å². The SMILES string of the molecule is CC(C)c1nc(=O)oc2c1OCS2. The molecule has 2 heterocycles. The van der Waals surface area contributed by atoms with Gasteiger partial charge in [0.1, 0.15) is 5.94 Å². The Kier molecular flexibility index (Phi) is 2.03. The topological polar surface area (TPSA) is 52.3 Å². The number of rotatable bonds is 1. The van der Waals surface area contributed by atoms with E-state index in [0.29, 0.717) is 22.5 Å². The highest BCUT2D eigenvalue weighted by molar-refractivity contribution is 7.99. The molecule has 0 radical (unpaired) electrons. The molecular weight excluding hydrogens is 190 g/mol. The third-order valence-corrected chi connectivity index (χ3v) is 2.52. The maximum Gasteiger partial charge on any atom is 0.440 e. The van der Waals surface area contributed by atoms with Gasteiger partial charge in [0.15, 0.2) is 5.75 Å². The van der Waals surface area contributed by atoms with E-state index in [2.05, 4.69) is 4.98 Å². The number of aromatic nitrogens is 1. The second-order valence-electron chi connectivity index (χ2n) is 3.04. The Bertz CT molecular complexity index is 385. The van der Waals surface area contributed by atoms with Gasteiger partial charge in [-0.05, 0) is 17.7 Å². The van der Waals surface area contributed by atoms with Gasteiger partial charge >= 0.3 is 5.76 Å². The monoisotopic (exact) mass is 199 g/mol. The molecule has 0 aliphatic carbocycles. The van der Waals surface area contributed by atoms with Gasteiger partial charge in [0, 0.05) is 0 Å². The highest BCUT2D eigenvalue weighted by Gasteiger charge is 2.23. The Morgan fingerprint density at radius 1 is 1.54 bits per heavy atom. The zero-order valence-corrected chi connectivity index (χ0v) is 8.18. The average Bonchev–Trinajstić information content (AvgIpc) is 2.49. The Morgan fingerprint density at radius 2 is 2.31 bits per heavy atom. The van der Waals surface area contributed by atoms with Crippen molar-refractivity contribution in [2.45, 2.75) is 24.9 Å². The largest absolute Gasteiger partial charge is 0.476 e. The molecule has 0 saturated heterocycles. The maximum atomic E-state index is 11.0. The third-order valence-electron chi connectivity index (χ3n) is 1.75. The van der Waals surface area contributed by atoms with Crippen LogP contribution in [0.25, 0.3) is 0 Å². The van der Waals surface area contributed by atoms with Crippen LogP contribution in [-0.4, -0.2) is 10.9 Å². The lowest BCUT2D eigenvalue weighted by Crippen LogP contribution is -2.09. The fourth-order valence-electron chi connectivity index (χ4n) is 1.16. The zero-order chi connectivity index (χ0) is 9.42. The lowest BCUT2D eigenvalue weighted by Gasteiger charge is -2.06. The molecule has 1 aliphatic heterocycles. The van der Waals surface area contributed by atoms with Crippen molar-refractivity contribution >= 4 is 11.8 Å². The van der Waals surface area contributed by atoms with Gasteiger partial charge in [0.25, 0.3) is 0 Å². The highest BCUT2D eigenvalue weighted by atomic mass is 32.2. The van der Waals surface area contributed by atoms with Crippen LogP contribution in [0.1, 0.15) is 25.5 Å². The predicted octanol–water partition coefficient (Wildman–Crippen LogP) is 1.60. The van der Waals surface area contributed by atoms with Gasteiger partial charge in [0.2, 0.25) is 5.09 Å². The van der Waals surface area contributed by atoms with Crippen molar-refractivity contribution in [2.75, 3.05) is 5.94 Å². The summed E-state index contributed by atoms with van der Waals surface area (Å²) in [5.41, 5.74) is 0.691. The van der Waals surface area contributed by atoms with Gasteiger partial charge in [-0.3, -0.25) is 0 Å². The van der Waals surface area contributed by atoms with Crippen molar-refractivity contribution in [3.05, 3.63) is 16.2 Å². The molecular formula is C8H9NO3S. The first-order valence-electron chi connectivity index (χ1n) is 3.99. The van der Waals surface area contributed by atoms with Crippen LogP contribution in [0, 0.1) is 0 Å². The molecule has 0 bridgehead atoms. The van der Waals surface area contributed by atoms with Crippen LogP contribution in [0.3, 0.4) is 0 Å². The van der Waals surface area contributed by atoms with Crippen molar-refractivity contribution < 1.29 is 9.15 Å². The van der Waals surface area contributed by atoms with Gasteiger partial charge in [-0.25, -0.2) is 4.79 Å². The lowest BCUT2D eigenvalue weighted by molar-refractivity contribution is 0.326. The van der Waals surface area contributed by atoms with E-state index in [0.717, 1.165) is 0 Å². The summed E-state index contributed by atoms with van der Waals surface area (Å²) < 4.78 is 10.2. The summed E-state index contributed by atoms with van der Waals surface area (Å²) in [7, 11) is 0. The van der Waals surface area contributed by atoms with Crippen molar-refractivity contribution in [2.24, 2.45) is 0 Å². The Hall–Kier alpha value is -0.970. The molecule has 13 heavy (non-hydrogen) atoms. The smallest absolute Gasteiger partial charge is 0.440 e. The summed E-state index contributed by atoms with van der Waals surface area (Å²) in [5, 5.41) is 0.559. The number of hydrogen-bond donors (Lipinski definition) is 0. The molecule has 0 fully saturated rings. The number of nitrogens with zero attached hydrogens (tertiary/aromatic N) is 1. The maximum absolute atomic E-state index is 11.0. The van der Waals surface area contributed by atoms with E-state index in [1.807, 2.05) is 13.8 Å². The van der Waals surface area contributed by atoms with E-state index in [4.69, 9.17) is 9.15 Å². The molecule has 4 nitrogen and oxygen atoms in total. The van der Waals surface area contributed by atoms with E-state index < -0.39 is 5.76 Å². The number of fused-ring (bicyclic) bond motifs is 1. The first-order chi connectivity index (χ1) is 6.18. The van der Waals surface area contributed by atoms with Crippen molar-refractivity contribution in [1.82, 2.24) is 4.98 Å². The molecule has 0 amide bonds.